The highest BCUT2D eigenvalue weighted by Crippen LogP contribution is 2.26. The summed E-state index contributed by atoms with van der Waals surface area (Å²) in [6, 6.07) is 1.51. The van der Waals surface area contributed by atoms with E-state index in [0.29, 0.717) is 23.0 Å². The van der Waals surface area contributed by atoms with Gasteiger partial charge in [-0.3, -0.25) is 0 Å². The van der Waals surface area contributed by atoms with Gasteiger partial charge in [-0.2, -0.15) is 4.31 Å². The van der Waals surface area contributed by atoms with Gasteiger partial charge in [0, 0.05) is 30.8 Å². The maximum Gasteiger partial charge on any atom is 0.252 e. The van der Waals surface area contributed by atoms with Gasteiger partial charge in [0.25, 0.3) is 10.0 Å². The minimum Gasteiger partial charge on any atom is -0.398 e. The lowest BCUT2D eigenvalue weighted by Crippen LogP contribution is -2.36. The van der Waals surface area contributed by atoms with Crippen molar-refractivity contribution in [2.24, 2.45) is 0 Å². The molecular formula is C11H18N2O3S2. The van der Waals surface area contributed by atoms with Gasteiger partial charge in [0.15, 0.2) is 0 Å². The van der Waals surface area contributed by atoms with E-state index in [-0.39, 0.29) is 6.10 Å². The fourth-order valence-corrected chi connectivity index (χ4v) is 4.72. The third-order valence-corrected chi connectivity index (χ3v) is 6.35. The minimum absolute atomic E-state index is 0.0250. The summed E-state index contributed by atoms with van der Waals surface area (Å²) < 4.78 is 32.0. The summed E-state index contributed by atoms with van der Waals surface area (Å²) in [5, 5.41) is 1.65. The molecule has 2 N–H and O–H groups in total. The average molecular weight is 290 g/mol. The minimum atomic E-state index is -3.43. The van der Waals surface area contributed by atoms with Crippen LogP contribution in [-0.4, -0.2) is 38.5 Å². The van der Waals surface area contributed by atoms with Gasteiger partial charge in [0.2, 0.25) is 0 Å². The van der Waals surface area contributed by atoms with Crippen molar-refractivity contribution < 1.29 is 13.2 Å². The second-order valence-corrected chi connectivity index (χ2v) is 7.37. The Morgan fingerprint density at radius 3 is 2.89 bits per heavy atom. The Kier molecular flexibility index (Phi) is 4.26. The van der Waals surface area contributed by atoms with Gasteiger partial charge in [-0.15, -0.1) is 11.3 Å². The normalized spacial score (nSPS) is 20.7. The molecule has 2 heterocycles. The van der Waals surface area contributed by atoms with E-state index >= 15 is 0 Å². The molecule has 0 aromatic carbocycles. The molecule has 0 saturated carbocycles. The summed E-state index contributed by atoms with van der Waals surface area (Å²) in [6.45, 7) is 3.44. The van der Waals surface area contributed by atoms with Crippen molar-refractivity contribution in [2.75, 3.05) is 25.4 Å². The number of nitrogen functional groups attached to an aromatic ring is 1. The zero-order valence-electron chi connectivity index (χ0n) is 10.3. The molecule has 1 aliphatic heterocycles. The SMILES string of the molecule is CCN(CC1CCCO1)S(=O)(=O)c1cc(N)cs1. The van der Waals surface area contributed by atoms with Crippen LogP contribution in [0.25, 0.3) is 0 Å². The average Bonchev–Trinajstić information content (AvgIpc) is 2.96. The molecule has 0 radical (unpaired) electrons. The molecule has 0 bridgehead atoms. The first-order chi connectivity index (χ1) is 8.54. The van der Waals surface area contributed by atoms with Crippen LogP contribution in [0.2, 0.25) is 0 Å². The lowest BCUT2D eigenvalue weighted by Gasteiger charge is -2.22. The predicted octanol–water partition coefficient (Wildman–Crippen LogP) is 1.52. The van der Waals surface area contributed by atoms with Gasteiger partial charge >= 0.3 is 0 Å². The number of sulfonamides is 1. The summed E-state index contributed by atoms with van der Waals surface area (Å²) in [7, 11) is -3.43. The van der Waals surface area contributed by atoms with Crippen LogP contribution < -0.4 is 5.73 Å². The number of hydrogen-bond acceptors (Lipinski definition) is 5. The molecular weight excluding hydrogens is 272 g/mol. The summed E-state index contributed by atoms with van der Waals surface area (Å²) in [5.41, 5.74) is 6.08. The highest BCUT2D eigenvalue weighted by molar-refractivity contribution is 7.91. The van der Waals surface area contributed by atoms with Crippen LogP contribution in [-0.2, 0) is 14.8 Å². The highest BCUT2D eigenvalue weighted by Gasteiger charge is 2.28. The standard InChI is InChI=1S/C11H18N2O3S2/c1-2-13(7-10-4-3-5-16-10)18(14,15)11-6-9(12)8-17-11/h6,8,10H,2-5,7,12H2,1H3. The van der Waals surface area contributed by atoms with Crippen molar-refractivity contribution in [3.63, 3.8) is 0 Å². The molecule has 5 nitrogen and oxygen atoms in total. The van der Waals surface area contributed by atoms with E-state index in [2.05, 4.69) is 0 Å². The Bertz CT molecular complexity index is 492. The monoisotopic (exact) mass is 290 g/mol. The molecule has 18 heavy (non-hydrogen) atoms. The van der Waals surface area contributed by atoms with Crippen molar-refractivity contribution in [3.8, 4) is 0 Å². The molecule has 0 aliphatic carbocycles. The van der Waals surface area contributed by atoms with E-state index in [9.17, 15) is 8.42 Å². The van der Waals surface area contributed by atoms with Crippen molar-refractivity contribution in [3.05, 3.63) is 11.4 Å². The van der Waals surface area contributed by atoms with E-state index in [0.717, 1.165) is 30.8 Å². The molecule has 1 atom stereocenters. The highest BCUT2D eigenvalue weighted by atomic mass is 32.2. The van der Waals surface area contributed by atoms with Crippen LogP contribution in [0.1, 0.15) is 19.8 Å². The summed E-state index contributed by atoms with van der Waals surface area (Å²) in [5.74, 6) is 0. The van der Waals surface area contributed by atoms with Gasteiger partial charge in [0.1, 0.15) is 4.21 Å². The topological polar surface area (TPSA) is 72.6 Å². The van der Waals surface area contributed by atoms with Gasteiger partial charge < -0.3 is 10.5 Å². The van der Waals surface area contributed by atoms with E-state index in [1.54, 1.807) is 5.38 Å². The smallest absolute Gasteiger partial charge is 0.252 e. The third kappa shape index (κ3) is 2.85. The molecule has 1 unspecified atom stereocenters. The molecule has 102 valence electrons. The van der Waals surface area contributed by atoms with Crippen LogP contribution in [0.3, 0.4) is 0 Å². The number of ether oxygens (including phenoxy) is 1. The van der Waals surface area contributed by atoms with Crippen LogP contribution in [0.5, 0.6) is 0 Å². The van der Waals surface area contributed by atoms with Crippen molar-refractivity contribution in [1.82, 2.24) is 4.31 Å². The molecule has 7 heteroatoms. The number of likely N-dealkylation sites (N-methyl/N-ethyl adjacent to an activating group) is 1. The predicted molar refractivity (Wildman–Crippen MR) is 72.1 cm³/mol. The number of rotatable bonds is 5. The van der Waals surface area contributed by atoms with Crippen molar-refractivity contribution in [1.29, 1.82) is 0 Å². The molecule has 1 saturated heterocycles. The summed E-state index contributed by atoms with van der Waals surface area (Å²) >= 11 is 1.16. The number of hydrogen-bond donors (Lipinski definition) is 1. The van der Waals surface area contributed by atoms with E-state index < -0.39 is 10.0 Å². The van der Waals surface area contributed by atoms with Gasteiger partial charge in [-0.1, -0.05) is 6.92 Å². The largest absolute Gasteiger partial charge is 0.398 e. The van der Waals surface area contributed by atoms with Crippen molar-refractivity contribution >= 4 is 27.0 Å². The maximum atomic E-state index is 12.4. The Hall–Kier alpha value is -0.630. The molecule has 1 fully saturated rings. The molecule has 0 amide bonds. The Morgan fingerprint density at radius 1 is 1.61 bits per heavy atom. The Balaban J connectivity index is 2.15. The van der Waals surface area contributed by atoms with E-state index in [1.165, 1.54) is 10.4 Å². The molecule has 1 aliphatic rings. The second-order valence-electron chi connectivity index (χ2n) is 4.29. The zero-order chi connectivity index (χ0) is 13.2. The van der Waals surface area contributed by atoms with Crippen LogP contribution in [0, 0.1) is 0 Å². The lowest BCUT2D eigenvalue weighted by atomic mass is 10.2. The van der Waals surface area contributed by atoms with Crippen LogP contribution in [0.4, 0.5) is 5.69 Å². The summed E-state index contributed by atoms with van der Waals surface area (Å²) in [4.78, 5) is 0. The number of nitrogens with two attached hydrogens (primary N) is 1. The molecule has 1 aromatic heterocycles. The van der Waals surface area contributed by atoms with E-state index in [4.69, 9.17) is 10.5 Å². The van der Waals surface area contributed by atoms with Crippen LogP contribution >= 0.6 is 11.3 Å². The molecule has 0 spiro atoms. The fraction of sp³-hybridized carbons (Fsp3) is 0.636. The molecule has 2 rings (SSSR count). The van der Waals surface area contributed by atoms with Crippen LogP contribution in [0.15, 0.2) is 15.7 Å². The van der Waals surface area contributed by atoms with E-state index in [1.807, 2.05) is 6.92 Å². The Labute approximate surface area is 112 Å². The number of thiophene rings is 1. The van der Waals surface area contributed by atoms with Gasteiger partial charge in [0.05, 0.1) is 6.10 Å². The van der Waals surface area contributed by atoms with Gasteiger partial charge in [-0.05, 0) is 18.9 Å². The first-order valence-electron chi connectivity index (χ1n) is 5.99. The maximum absolute atomic E-state index is 12.4. The zero-order valence-corrected chi connectivity index (χ0v) is 12.0. The number of nitrogens with zero attached hydrogens (tertiary/aromatic N) is 1. The first kappa shape index (κ1) is 13.8. The Morgan fingerprint density at radius 2 is 2.39 bits per heavy atom. The quantitative estimate of drug-likeness (QED) is 0.892. The van der Waals surface area contributed by atoms with Gasteiger partial charge in [-0.25, -0.2) is 8.42 Å². The lowest BCUT2D eigenvalue weighted by molar-refractivity contribution is 0.0947. The third-order valence-electron chi connectivity index (χ3n) is 2.97. The molecule has 1 aromatic rings. The number of anilines is 1. The summed E-state index contributed by atoms with van der Waals surface area (Å²) in [6.07, 6.45) is 1.96. The first-order valence-corrected chi connectivity index (χ1v) is 8.31. The van der Waals surface area contributed by atoms with Crippen molar-refractivity contribution in [2.45, 2.75) is 30.1 Å². The fourth-order valence-electron chi connectivity index (χ4n) is 2.01. The second kappa shape index (κ2) is 5.56.